The minimum Gasteiger partial charge on any atom is -0.486 e. The zero-order valence-corrected chi connectivity index (χ0v) is 9.82. The van der Waals surface area contributed by atoms with Crippen molar-refractivity contribution < 1.29 is 4.74 Å². The van der Waals surface area contributed by atoms with E-state index < -0.39 is 0 Å². The Morgan fingerprint density at radius 2 is 2.07 bits per heavy atom. The summed E-state index contributed by atoms with van der Waals surface area (Å²) in [4.78, 5) is 8.86. The predicted octanol–water partition coefficient (Wildman–Crippen LogP) is 2.56. The highest BCUT2D eigenvalue weighted by molar-refractivity contribution is 5.30. The molecular formula is C12H18N2O. The Balaban J connectivity index is 2.24. The minimum atomic E-state index is 0.275. The Kier molecular flexibility index (Phi) is 2.63. The molecule has 3 heteroatoms. The van der Waals surface area contributed by atoms with Crippen LogP contribution in [-0.2, 0) is 6.42 Å². The van der Waals surface area contributed by atoms with Gasteiger partial charge >= 0.3 is 0 Å². The zero-order valence-electron chi connectivity index (χ0n) is 9.82. The molecule has 1 aromatic rings. The van der Waals surface area contributed by atoms with Gasteiger partial charge < -0.3 is 4.74 Å². The molecule has 0 aromatic carbocycles. The van der Waals surface area contributed by atoms with Crippen molar-refractivity contribution in [1.82, 2.24) is 9.97 Å². The van der Waals surface area contributed by atoms with Gasteiger partial charge in [-0.05, 0) is 5.92 Å². The molecule has 2 rings (SSSR count). The maximum atomic E-state index is 5.78. The van der Waals surface area contributed by atoms with Gasteiger partial charge in [-0.2, -0.15) is 0 Å². The third-order valence-electron chi connectivity index (χ3n) is 2.78. The Morgan fingerprint density at radius 3 is 2.67 bits per heavy atom. The van der Waals surface area contributed by atoms with Gasteiger partial charge in [0.2, 0.25) is 0 Å². The van der Waals surface area contributed by atoms with E-state index >= 15 is 0 Å². The number of rotatable bonds is 2. The number of fused-ring (bicyclic) bond motifs is 1. The van der Waals surface area contributed by atoms with Crippen molar-refractivity contribution in [3.63, 3.8) is 0 Å². The molecule has 82 valence electrons. The van der Waals surface area contributed by atoms with E-state index in [4.69, 9.17) is 4.74 Å². The smallest absolute Gasteiger partial charge is 0.159 e. The molecule has 15 heavy (non-hydrogen) atoms. The summed E-state index contributed by atoms with van der Waals surface area (Å²) in [6.45, 7) is 8.57. The van der Waals surface area contributed by atoms with Gasteiger partial charge in [-0.1, -0.05) is 27.7 Å². The number of hydrogen-bond acceptors (Lipinski definition) is 3. The average Bonchev–Trinajstić information content (AvgIpc) is 2.59. The quantitative estimate of drug-likeness (QED) is 0.746. The van der Waals surface area contributed by atoms with Crippen LogP contribution in [0.1, 0.15) is 45.1 Å². The van der Waals surface area contributed by atoms with E-state index in [1.807, 2.05) is 6.20 Å². The summed E-state index contributed by atoms with van der Waals surface area (Å²) in [5.41, 5.74) is 1.08. The van der Waals surface area contributed by atoms with Crippen molar-refractivity contribution in [2.45, 2.75) is 46.1 Å². The van der Waals surface area contributed by atoms with Gasteiger partial charge in [0.15, 0.2) is 5.75 Å². The number of aromatic nitrogens is 2. The van der Waals surface area contributed by atoms with E-state index in [1.165, 1.54) is 0 Å². The van der Waals surface area contributed by atoms with Gasteiger partial charge in [0.25, 0.3) is 0 Å². The first kappa shape index (κ1) is 10.4. The third-order valence-corrected chi connectivity index (χ3v) is 2.78. The summed E-state index contributed by atoms with van der Waals surface area (Å²) < 4.78 is 5.78. The highest BCUT2D eigenvalue weighted by Crippen LogP contribution is 2.30. The average molecular weight is 206 g/mol. The van der Waals surface area contributed by atoms with Crippen LogP contribution in [0.5, 0.6) is 5.75 Å². The highest BCUT2D eigenvalue weighted by Gasteiger charge is 2.27. The van der Waals surface area contributed by atoms with Crippen LogP contribution < -0.4 is 4.74 Å². The first-order chi connectivity index (χ1) is 7.08. The molecule has 1 atom stereocenters. The lowest BCUT2D eigenvalue weighted by Gasteiger charge is -2.13. The number of nitrogens with zero attached hydrogens (tertiary/aromatic N) is 2. The third kappa shape index (κ3) is 1.96. The molecule has 0 amide bonds. The first-order valence-electron chi connectivity index (χ1n) is 5.60. The molecule has 1 unspecified atom stereocenters. The van der Waals surface area contributed by atoms with E-state index in [1.54, 1.807) is 0 Å². The van der Waals surface area contributed by atoms with Crippen LogP contribution in [0.25, 0.3) is 0 Å². The van der Waals surface area contributed by atoms with Crippen LogP contribution in [0, 0.1) is 5.92 Å². The summed E-state index contributed by atoms with van der Waals surface area (Å²) in [6, 6.07) is 0. The highest BCUT2D eigenvalue weighted by atomic mass is 16.5. The van der Waals surface area contributed by atoms with E-state index in [0.717, 1.165) is 23.7 Å². The van der Waals surface area contributed by atoms with Crippen molar-refractivity contribution in [3.8, 4) is 5.75 Å². The summed E-state index contributed by atoms with van der Waals surface area (Å²) in [7, 11) is 0. The van der Waals surface area contributed by atoms with E-state index in [-0.39, 0.29) is 6.10 Å². The summed E-state index contributed by atoms with van der Waals surface area (Å²) in [5, 5.41) is 0. The molecule has 0 N–H and O–H groups in total. The zero-order chi connectivity index (χ0) is 11.0. The molecule has 0 spiro atoms. The first-order valence-corrected chi connectivity index (χ1v) is 5.60. The Bertz CT molecular complexity index is 361. The van der Waals surface area contributed by atoms with Crippen molar-refractivity contribution in [2.24, 2.45) is 5.92 Å². The van der Waals surface area contributed by atoms with E-state index in [9.17, 15) is 0 Å². The van der Waals surface area contributed by atoms with Gasteiger partial charge in [-0.15, -0.1) is 0 Å². The lowest BCUT2D eigenvalue weighted by molar-refractivity contribution is 0.178. The fourth-order valence-corrected chi connectivity index (χ4v) is 1.71. The number of hydrogen-bond donors (Lipinski definition) is 0. The molecular weight excluding hydrogens is 188 g/mol. The van der Waals surface area contributed by atoms with Gasteiger partial charge in [-0.25, -0.2) is 9.97 Å². The van der Waals surface area contributed by atoms with Crippen LogP contribution >= 0.6 is 0 Å². The minimum absolute atomic E-state index is 0.275. The summed E-state index contributed by atoms with van der Waals surface area (Å²) in [5.74, 6) is 2.70. The number of ether oxygens (including phenoxy) is 1. The molecule has 0 saturated carbocycles. The van der Waals surface area contributed by atoms with Crippen LogP contribution in [0.2, 0.25) is 0 Å². The molecule has 0 fully saturated rings. The van der Waals surface area contributed by atoms with Gasteiger partial charge in [0, 0.05) is 12.3 Å². The largest absolute Gasteiger partial charge is 0.486 e. The van der Waals surface area contributed by atoms with Crippen molar-refractivity contribution >= 4 is 0 Å². The standard InChI is InChI=1S/C12H18N2O/c1-7(2)10-5-9-11(15-10)6-13-12(14-9)8(3)4/h6-8,10H,5H2,1-4H3. The van der Waals surface area contributed by atoms with Crippen LogP contribution in [-0.4, -0.2) is 16.1 Å². The maximum Gasteiger partial charge on any atom is 0.159 e. The topological polar surface area (TPSA) is 35.0 Å². The van der Waals surface area contributed by atoms with Gasteiger partial charge in [0.1, 0.15) is 11.9 Å². The molecule has 1 aliphatic rings. The van der Waals surface area contributed by atoms with E-state index in [0.29, 0.717) is 11.8 Å². The molecule has 0 bridgehead atoms. The van der Waals surface area contributed by atoms with Crippen LogP contribution in [0.3, 0.4) is 0 Å². The maximum absolute atomic E-state index is 5.78. The fourth-order valence-electron chi connectivity index (χ4n) is 1.71. The summed E-state index contributed by atoms with van der Waals surface area (Å²) in [6.07, 6.45) is 3.02. The monoisotopic (exact) mass is 206 g/mol. The SMILES string of the molecule is CC(C)c1ncc2c(n1)CC(C(C)C)O2. The van der Waals surface area contributed by atoms with Gasteiger partial charge in [-0.3, -0.25) is 0 Å². The van der Waals surface area contributed by atoms with Crippen molar-refractivity contribution in [3.05, 3.63) is 17.7 Å². The van der Waals surface area contributed by atoms with Crippen molar-refractivity contribution in [1.29, 1.82) is 0 Å². The lowest BCUT2D eigenvalue weighted by Crippen LogP contribution is -2.19. The van der Waals surface area contributed by atoms with Gasteiger partial charge in [0.05, 0.1) is 11.9 Å². The second-order valence-electron chi connectivity index (χ2n) is 4.80. The second kappa shape index (κ2) is 3.80. The Hall–Kier alpha value is -1.12. The molecule has 1 aromatic heterocycles. The Labute approximate surface area is 90.9 Å². The molecule has 0 saturated heterocycles. The van der Waals surface area contributed by atoms with Crippen molar-refractivity contribution in [2.75, 3.05) is 0 Å². The lowest BCUT2D eigenvalue weighted by atomic mass is 10.0. The van der Waals surface area contributed by atoms with Crippen LogP contribution in [0.4, 0.5) is 0 Å². The molecule has 0 aliphatic carbocycles. The molecule has 1 aliphatic heterocycles. The second-order valence-corrected chi connectivity index (χ2v) is 4.80. The van der Waals surface area contributed by atoms with Crippen LogP contribution in [0.15, 0.2) is 6.20 Å². The Morgan fingerprint density at radius 1 is 1.33 bits per heavy atom. The fraction of sp³-hybridized carbons (Fsp3) is 0.667. The normalized spacial score (nSPS) is 19.5. The molecule has 0 radical (unpaired) electrons. The molecule has 2 heterocycles. The molecule has 3 nitrogen and oxygen atoms in total. The van der Waals surface area contributed by atoms with E-state index in [2.05, 4.69) is 37.7 Å². The predicted molar refractivity (Wildman–Crippen MR) is 59.1 cm³/mol. The summed E-state index contributed by atoms with van der Waals surface area (Å²) >= 11 is 0.